The number of benzene rings is 2. The fraction of sp³-hybridized carbons (Fsp3) is 0.250. The third-order valence-electron chi connectivity index (χ3n) is 3.12. The van der Waals surface area contributed by atoms with E-state index in [9.17, 15) is 4.39 Å². The second kappa shape index (κ2) is 6.31. The smallest absolute Gasteiger partial charge is 0.124 e. The van der Waals surface area contributed by atoms with Gasteiger partial charge in [-0.3, -0.25) is 0 Å². The molecule has 2 aromatic carbocycles. The van der Waals surface area contributed by atoms with Gasteiger partial charge in [0.05, 0.1) is 6.04 Å². The Morgan fingerprint density at radius 1 is 1.11 bits per heavy atom. The van der Waals surface area contributed by atoms with E-state index in [1.807, 2.05) is 18.2 Å². The minimum Gasteiger partial charge on any atom is -0.320 e. The molecule has 3 heteroatoms. The van der Waals surface area contributed by atoms with Crippen molar-refractivity contribution < 1.29 is 4.39 Å². The van der Waals surface area contributed by atoms with Crippen molar-refractivity contribution in [2.24, 2.45) is 5.73 Å². The van der Waals surface area contributed by atoms with E-state index in [0.717, 1.165) is 24.0 Å². The van der Waals surface area contributed by atoms with Crippen LogP contribution in [0.2, 0.25) is 0 Å². The molecule has 0 radical (unpaired) electrons. The van der Waals surface area contributed by atoms with Gasteiger partial charge in [0.1, 0.15) is 5.82 Å². The highest BCUT2D eigenvalue weighted by molar-refractivity contribution is 9.10. The van der Waals surface area contributed by atoms with Crippen molar-refractivity contribution in [1.29, 1.82) is 0 Å². The van der Waals surface area contributed by atoms with Crippen LogP contribution in [-0.4, -0.2) is 0 Å². The number of rotatable bonds is 4. The minimum atomic E-state index is -0.303. The van der Waals surface area contributed by atoms with Crippen LogP contribution in [0, 0.1) is 5.82 Å². The maximum Gasteiger partial charge on any atom is 0.124 e. The lowest BCUT2D eigenvalue weighted by Gasteiger charge is -2.14. The number of nitrogens with two attached hydrogens (primary N) is 1. The molecule has 2 aromatic rings. The minimum absolute atomic E-state index is 0.276. The molecule has 0 aliphatic carbocycles. The van der Waals surface area contributed by atoms with Crippen LogP contribution in [0.15, 0.2) is 46.9 Å². The Labute approximate surface area is 121 Å². The average Bonchev–Trinajstić information content (AvgIpc) is 2.38. The van der Waals surface area contributed by atoms with Crippen LogP contribution in [0.3, 0.4) is 0 Å². The summed E-state index contributed by atoms with van der Waals surface area (Å²) in [5.74, 6) is -0.276. The van der Waals surface area contributed by atoms with Crippen molar-refractivity contribution in [2.75, 3.05) is 0 Å². The molecule has 0 fully saturated rings. The van der Waals surface area contributed by atoms with Crippen molar-refractivity contribution >= 4 is 15.9 Å². The predicted octanol–water partition coefficient (Wildman–Crippen LogP) is 4.59. The lowest BCUT2D eigenvalue weighted by atomic mass is 9.98. The van der Waals surface area contributed by atoms with E-state index < -0.39 is 0 Å². The molecule has 2 rings (SSSR count). The van der Waals surface area contributed by atoms with Gasteiger partial charge in [-0.05, 0) is 41.3 Å². The zero-order chi connectivity index (χ0) is 13.8. The van der Waals surface area contributed by atoms with E-state index in [2.05, 4.69) is 35.0 Å². The average molecular weight is 322 g/mol. The van der Waals surface area contributed by atoms with Crippen molar-refractivity contribution in [1.82, 2.24) is 0 Å². The summed E-state index contributed by atoms with van der Waals surface area (Å²) in [7, 11) is 0. The second-order valence-corrected chi connectivity index (χ2v) is 5.59. The summed E-state index contributed by atoms with van der Waals surface area (Å²) >= 11 is 3.29. The number of hydrogen-bond acceptors (Lipinski definition) is 1. The molecule has 19 heavy (non-hydrogen) atoms. The third-order valence-corrected chi connectivity index (χ3v) is 3.58. The van der Waals surface area contributed by atoms with E-state index in [0.29, 0.717) is 4.47 Å². The van der Waals surface area contributed by atoms with E-state index in [1.165, 1.54) is 17.7 Å². The first kappa shape index (κ1) is 14.2. The maximum atomic E-state index is 13.4. The van der Waals surface area contributed by atoms with Gasteiger partial charge in [-0.2, -0.15) is 0 Å². The molecule has 0 aliphatic rings. The Kier molecular flexibility index (Phi) is 4.72. The lowest BCUT2D eigenvalue weighted by Crippen LogP contribution is -2.12. The molecule has 0 amide bonds. The first-order valence-corrected chi connectivity index (χ1v) is 7.20. The Hall–Kier alpha value is -1.19. The zero-order valence-corrected chi connectivity index (χ0v) is 12.5. The van der Waals surface area contributed by atoms with E-state index >= 15 is 0 Å². The third kappa shape index (κ3) is 3.64. The molecule has 0 aromatic heterocycles. The van der Waals surface area contributed by atoms with Crippen LogP contribution in [0.1, 0.15) is 36.1 Å². The van der Waals surface area contributed by atoms with Gasteiger partial charge in [0.2, 0.25) is 0 Å². The molecule has 100 valence electrons. The molecule has 0 bridgehead atoms. The molecule has 0 saturated heterocycles. The van der Waals surface area contributed by atoms with E-state index in [1.54, 1.807) is 0 Å². The van der Waals surface area contributed by atoms with Gasteiger partial charge in [0.25, 0.3) is 0 Å². The van der Waals surface area contributed by atoms with Crippen molar-refractivity contribution in [3.63, 3.8) is 0 Å². The predicted molar refractivity (Wildman–Crippen MR) is 80.6 cm³/mol. The molecule has 1 nitrogen and oxygen atoms in total. The fourth-order valence-corrected chi connectivity index (χ4v) is 2.61. The molecule has 0 heterocycles. The molecule has 0 aliphatic heterocycles. The second-order valence-electron chi connectivity index (χ2n) is 4.67. The van der Waals surface area contributed by atoms with Gasteiger partial charge in [0.15, 0.2) is 0 Å². The van der Waals surface area contributed by atoms with Gasteiger partial charge in [-0.25, -0.2) is 4.39 Å². The Morgan fingerprint density at radius 2 is 1.79 bits per heavy atom. The quantitative estimate of drug-likeness (QED) is 0.875. The normalized spacial score (nSPS) is 12.4. The summed E-state index contributed by atoms with van der Waals surface area (Å²) in [6, 6.07) is 12.7. The Bertz CT molecular complexity index is 531. The monoisotopic (exact) mass is 321 g/mol. The van der Waals surface area contributed by atoms with Gasteiger partial charge < -0.3 is 5.73 Å². The van der Waals surface area contributed by atoms with Crippen molar-refractivity contribution in [3.8, 4) is 0 Å². The van der Waals surface area contributed by atoms with E-state index in [4.69, 9.17) is 5.73 Å². The Balaban J connectivity index is 2.25. The summed E-state index contributed by atoms with van der Waals surface area (Å²) in [5, 5.41) is 0. The molecular weight excluding hydrogens is 305 g/mol. The number of hydrogen-bond donors (Lipinski definition) is 1. The highest BCUT2D eigenvalue weighted by atomic mass is 79.9. The molecule has 0 spiro atoms. The zero-order valence-electron chi connectivity index (χ0n) is 10.9. The van der Waals surface area contributed by atoms with Crippen LogP contribution in [0.4, 0.5) is 4.39 Å². The molecule has 2 N–H and O–H groups in total. The highest BCUT2D eigenvalue weighted by Crippen LogP contribution is 2.24. The van der Waals surface area contributed by atoms with Crippen LogP contribution < -0.4 is 5.73 Å². The van der Waals surface area contributed by atoms with Crippen molar-refractivity contribution in [2.45, 2.75) is 25.8 Å². The SMILES string of the molecule is CCCc1ccc(C(N)c2cc(F)cc(Br)c2)cc1. The Morgan fingerprint density at radius 3 is 2.37 bits per heavy atom. The molecule has 0 saturated carbocycles. The molecule has 1 atom stereocenters. The summed E-state index contributed by atoms with van der Waals surface area (Å²) in [6.07, 6.45) is 2.20. The van der Waals surface area contributed by atoms with Gasteiger partial charge in [0, 0.05) is 4.47 Å². The topological polar surface area (TPSA) is 26.0 Å². The maximum absolute atomic E-state index is 13.4. The lowest BCUT2D eigenvalue weighted by molar-refractivity contribution is 0.622. The van der Waals surface area contributed by atoms with Gasteiger partial charge in [-0.15, -0.1) is 0 Å². The van der Waals surface area contributed by atoms with E-state index in [-0.39, 0.29) is 11.9 Å². The van der Waals surface area contributed by atoms with Gasteiger partial charge in [-0.1, -0.05) is 53.5 Å². The fourth-order valence-electron chi connectivity index (χ4n) is 2.13. The van der Waals surface area contributed by atoms with Crippen LogP contribution in [0.5, 0.6) is 0 Å². The molecular formula is C16H17BrFN. The summed E-state index contributed by atoms with van der Waals surface area (Å²) in [6.45, 7) is 2.16. The van der Waals surface area contributed by atoms with Crippen molar-refractivity contribution in [3.05, 3.63) is 69.4 Å². The summed E-state index contributed by atoms with van der Waals surface area (Å²) in [5.41, 5.74) is 9.27. The van der Waals surface area contributed by atoms with Crippen LogP contribution >= 0.6 is 15.9 Å². The number of aryl methyl sites for hydroxylation is 1. The first-order valence-electron chi connectivity index (χ1n) is 6.40. The summed E-state index contributed by atoms with van der Waals surface area (Å²) < 4.78 is 14.1. The standard InChI is InChI=1S/C16H17BrFN/c1-2-3-11-4-6-12(7-5-11)16(19)13-8-14(17)10-15(18)9-13/h4-10,16H,2-3,19H2,1H3. The first-order chi connectivity index (χ1) is 9.10. The largest absolute Gasteiger partial charge is 0.320 e. The van der Waals surface area contributed by atoms with Crippen LogP contribution in [0.25, 0.3) is 0 Å². The molecule has 1 unspecified atom stereocenters. The van der Waals surface area contributed by atoms with Crippen LogP contribution in [-0.2, 0) is 6.42 Å². The number of halogens is 2. The van der Waals surface area contributed by atoms with Gasteiger partial charge >= 0.3 is 0 Å². The summed E-state index contributed by atoms with van der Waals surface area (Å²) in [4.78, 5) is 0. The highest BCUT2D eigenvalue weighted by Gasteiger charge is 2.10.